The van der Waals surface area contributed by atoms with Crippen molar-refractivity contribution in [2.75, 3.05) is 6.54 Å². The van der Waals surface area contributed by atoms with E-state index < -0.39 is 0 Å². The zero-order valence-electron chi connectivity index (χ0n) is 11.0. The van der Waals surface area contributed by atoms with Crippen molar-refractivity contribution < 1.29 is 0 Å². The quantitative estimate of drug-likeness (QED) is 0.726. The number of nitrogens with one attached hydrogen (secondary N) is 1. The van der Waals surface area contributed by atoms with Crippen molar-refractivity contribution in [3.05, 3.63) is 32.4 Å². The first-order valence-electron chi connectivity index (χ1n) is 6.98. The monoisotopic (exact) mass is 327 g/mol. The van der Waals surface area contributed by atoms with Gasteiger partial charge in [0.05, 0.1) is 6.04 Å². The molecule has 1 unspecified atom stereocenters. The van der Waals surface area contributed by atoms with Crippen LogP contribution in [0.15, 0.2) is 27.6 Å². The minimum atomic E-state index is 0.419. The summed E-state index contributed by atoms with van der Waals surface area (Å²) in [5.41, 5.74) is 1.60. The Labute approximate surface area is 123 Å². The van der Waals surface area contributed by atoms with Crippen molar-refractivity contribution in [2.24, 2.45) is 0 Å². The number of thiophene rings is 1. The second-order valence-corrected chi connectivity index (χ2v) is 6.66. The molecule has 1 heterocycles. The number of allylic oxidation sites excluding steroid dienone is 1. The van der Waals surface area contributed by atoms with Gasteiger partial charge in [-0.25, -0.2) is 0 Å². The van der Waals surface area contributed by atoms with Crippen LogP contribution in [-0.2, 0) is 0 Å². The Bertz CT molecular complexity index is 397. The molecule has 1 nitrogen and oxygen atoms in total. The molecule has 0 fully saturated rings. The number of hydrogen-bond acceptors (Lipinski definition) is 2. The van der Waals surface area contributed by atoms with E-state index in [1.807, 2.05) is 11.3 Å². The maximum absolute atomic E-state index is 3.68. The largest absolute Gasteiger partial charge is 0.306 e. The van der Waals surface area contributed by atoms with Crippen molar-refractivity contribution >= 4 is 27.3 Å². The van der Waals surface area contributed by atoms with E-state index in [0.29, 0.717) is 6.04 Å². The highest BCUT2D eigenvalue weighted by molar-refractivity contribution is 9.10. The number of halogens is 1. The summed E-state index contributed by atoms with van der Waals surface area (Å²) in [6.45, 7) is 3.21. The Morgan fingerprint density at radius 3 is 2.89 bits per heavy atom. The number of rotatable bonds is 4. The molecule has 1 aliphatic carbocycles. The van der Waals surface area contributed by atoms with Crippen molar-refractivity contribution in [2.45, 2.75) is 51.5 Å². The van der Waals surface area contributed by atoms with Gasteiger partial charge in [-0.1, -0.05) is 31.4 Å². The minimum absolute atomic E-state index is 0.419. The van der Waals surface area contributed by atoms with Crippen molar-refractivity contribution in [3.8, 4) is 0 Å². The molecule has 0 bridgehead atoms. The molecule has 1 atom stereocenters. The first-order valence-corrected chi connectivity index (χ1v) is 8.65. The second kappa shape index (κ2) is 7.46. The molecule has 1 aromatic heterocycles. The van der Waals surface area contributed by atoms with Crippen molar-refractivity contribution in [1.82, 2.24) is 5.32 Å². The maximum Gasteiger partial charge on any atom is 0.0641 e. The first-order chi connectivity index (χ1) is 8.83. The lowest BCUT2D eigenvalue weighted by Crippen LogP contribution is -2.22. The molecule has 0 aromatic carbocycles. The molecule has 0 spiro atoms. The van der Waals surface area contributed by atoms with Gasteiger partial charge < -0.3 is 5.32 Å². The fourth-order valence-electron chi connectivity index (χ4n) is 2.59. The van der Waals surface area contributed by atoms with Gasteiger partial charge in [0, 0.05) is 9.35 Å². The summed E-state index contributed by atoms with van der Waals surface area (Å²) in [7, 11) is 0. The van der Waals surface area contributed by atoms with E-state index in [0.717, 1.165) is 6.54 Å². The van der Waals surface area contributed by atoms with Gasteiger partial charge in [-0.2, -0.15) is 0 Å². The fourth-order valence-corrected chi connectivity index (χ4v) is 4.31. The van der Waals surface area contributed by atoms with E-state index in [-0.39, 0.29) is 0 Å². The molecule has 2 rings (SSSR count). The van der Waals surface area contributed by atoms with Gasteiger partial charge in [0.2, 0.25) is 0 Å². The normalized spacial score (nSPS) is 21.8. The molecule has 0 radical (unpaired) electrons. The van der Waals surface area contributed by atoms with E-state index in [1.165, 1.54) is 47.9 Å². The molecular weight excluding hydrogens is 306 g/mol. The highest BCUT2D eigenvalue weighted by atomic mass is 79.9. The fraction of sp³-hybridized carbons (Fsp3) is 0.600. The lowest BCUT2D eigenvalue weighted by Gasteiger charge is -2.22. The molecule has 1 aliphatic rings. The van der Waals surface area contributed by atoms with Crippen LogP contribution in [0, 0.1) is 0 Å². The van der Waals surface area contributed by atoms with Gasteiger partial charge in [-0.15, -0.1) is 11.3 Å². The third-order valence-corrected chi connectivity index (χ3v) is 5.45. The summed E-state index contributed by atoms with van der Waals surface area (Å²) in [5, 5.41) is 5.83. The Morgan fingerprint density at radius 1 is 1.33 bits per heavy atom. The Kier molecular flexibility index (Phi) is 5.93. The van der Waals surface area contributed by atoms with Crippen LogP contribution in [-0.4, -0.2) is 6.54 Å². The van der Waals surface area contributed by atoms with Crippen LogP contribution in [0.25, 0.3) is 0 Å². The molecule has 100 valence electrons. The smallest absolute Gasteiger partial charge is 0.0641 e. The van der Waals surface area contributed by atoms with Crippen LogP contribution in [0.3, 0.4) is 0 Å². The molecule has 0 aliphatic heterocycles. The number of likely N-dealkylation sites (N-methyl/N-ethyl adjacent to an activating group) is 1. The van der Waals surface area contributed by atoms with Crippen molar-refractivity contribution in [1.29, 1.82) is 0 Å². The zero-order valence-corrected chi connectivity index (χ0v) is 13.4. The predicted molar refractivity (Wildman–Crippen MR) is 84.2 cm³/mol. The van der Waals surface area contributed by atoms with Crippen LogP contribution < -0.4 is 5.32 Å². The highest BCUT2D eigenvalue weighted by Gasteiger charge is 2.19. The van der Waals surface area contributed by atoms with Gasteiger partial charge in [0.15, 0.2) is 0 Å². The minimum Gasteiger partial charge on any atom is -0.306 e. The summed E-state index contributed by atoms with van der Waals surface area (Å²) in [6, 6.07) is 2.58. The van der Waals surface area contributed by atoms with Gasteiger partial charge in [-0.05, 0) is 59.6 Å². The Balaban J connectivity index is 2.20. The summed E-state index contributed by atoms with van der Waals surface area (Å²) in [4.78, 5) is 1.43. The lowest BCUT2D eigenvalue weighted by atomic mass is 9.94. The standard InChI is InChI=1S/C15H22BrNS/c1-2-17-14(15-13(16)10-11-18-15)12-8-6-4-3-5-7-9-12/h8,10-11,14,17H,2-7,9H2,1H3/b12-8+. The van der Waals surface area contributed by atoms with E-state index in [9.17, 15) is 0 Å². The molecule has 1 aromatic rings. The van der Waals surface area contributed by atoms with E-state index in [1.54, 1.807) is 5.57 Å². The van der Waals surface area contributed by atoms with Crippen LogP contribution in [0.2, 0.25) is 0 Å². The summed E-state index contributed by atoms with van der Waals surface area (Å²) in [5.74, 6) is 0. The van der Waals surface area contributed by atoms with Gasteiger partial charge in [-0.3, -0.25) is 0 Å². The molecule has 18 heavy (non-hydrogen) atoms. The molecule has 0 saturated carbocycles. The van der Waals surface area contributed by atoms with E-state index in [2.05, 4.69) is 45.7 Å². The average Bonchev–Trinajstić information content (AvgIpc) is 2.73. The lowest BCUT2D eigenvalue weighted by molar-refractivity contribution is 0.558. The zero-order chi connectivity index (χ0) is 12.8. The first kappa shape index (κ1) is 14.3. The summed E-state index contributed by atoms with van der Waals surface area (Å²) in [6.07, 6.45) is 10.5. The molecular formula is C15H22BrNS. The van der Waals surface area contributed by atoms with Gasteiger partial charge >= 0.3 is 0 Å². The van der Waals surface area contributed by atoms with E-state index >= 15 is 0 Å². The molecule has 0 saturated heterocycles. The Morgan fingerprint density at radius 2 is 2.17 bits per heavy atom. The molecule has 1 N–H and O–H groups in total. The topological polar surface area (TPSA) is 12.0 Å². The summed E-state index contributed by atoms with van der Waals surface area (Å²) >= 11 is 5.53. The second-order valence-electron chi connectivity index (χ2n) is 4.86. The third-order valence-electron chi connectivity index (χ3n) is 3.51. The Hall–Kier alpha value is -0.120. The van der Waals surface area contributed by atoms with E-state index in [4.69, 9.17) is 0 Å². The van der Waals surface area contributed by atoms with Crippen molar-refractivity contribution in [3.63, 3.8) is 0 Å². The highest BCUT2D eigenvalue weighted by Crippen LogP contribution is 2.36. The molecule has 3 heteroatoms. The van der Waals surface area contributed by atoms with Crippen LogP contribution in [0.5, 0.6) is 0 Å². The summed E-state index contributed by atoms with van der Waals surface area (Å²) < 4.78 is 1.25. The van der Waals surface area contributed by atoms with Gasteiger partial charge in [0.1, 0.15) is 0 Å². The maximum atomic E-state index is 3.68. The van der Waals surface area contributed by atoms with Gasteiger partial charge in [0.25, 0.3) is 0 Å². The SMILES string of the molecule is CCNC(/C1=C/CCCCCC1)c1sccc1Br. The number of hydrogen-bond donors (Lipinski definition) is 1. The third kappa shape index (κ3) is 3.69. The average molecular weight is 328 g/mol. The van der Waals surface area contributed by atoms with Crippen LogP contribution in [0.1, 0.15) is 56.4 Å². The predicted octanol–water partition coefficient (Wildman–Crippen LogP) is 5.44. The van der Waals surface area contributed by atoms with Crippen LogP contribution >= 0.6 is 27.3 Å². The molecule has 0 amide bonds. The van der Waals surface area contributed by atoms with Crippen LogP contribution in [0.4, 0.5) is 0 Å².